The summed E-state index contributed by atoms with van der Waals surface area (Å²) in [5.41, 5.74) is 1.39. The predicted octanol–water partition coefficient (Wildman–Crippen LogP) is 4.81. The lowest BCUT2D eigenvalue weighted by atomic mass is 9.88. The molecule has 3 heteroatoms. The van der Waals surface area contributed by atoms with Crippen LogP contribution in [0, 0.1) is 0 Å². The molecule has 0 amide bonds. The van der Waals surface area contributed by atoms with E-state index in [0.29, 0.717) is 0 Å². The molecule has 0 saturated carbocycles. The van der Waals surface area contributed by atoms with Gasteiger partial charge in [-0.1, -0.05) is 67.5 Å². The molecule has 3 nitrogen and oxygen atoms in total. The first-order valence-electron chi connectivity index (χ1n) is 10.7. The fourth-order valence-electron chi connectivity index (χ4n) is 3.57. The Bertz CT molecular complexity index is 541. The van der Waals surface area contributed by atoms with Crippen molar-refractivity contribution in [3.63, 3.8) is 0 Å². The van der Waals surface area contributed by atoms with E-state index in [1.807, 2.05) is 0 Å². The number of aryl methyl sites for hydroxylation is 1. The monoisotopic (exact) mass is 371 g/mol. The molecule has 0 fully saturated rings. The van der Waals surface area contributed by atoms with Gasteiger partial charge in [0, 0.05) is 25.4 Å². The van der Waals surface area contributed by atoms with E-state index in [-0.39, 0.29) is 12.1 Å². The number of nitrogens with one attached hydrogen (secondary N) is 1. The van der Waals surface area contributed by atoms with Crippen LogP contribution in [0.1, 0.15) is 56.9 Å². The Kier molecular flexibility index (Phi) is 11.1. The van der Waals surface area contributed by atoms with Crippen LogP contribution in [-0.4, -0.2) is 37.0 Å². The van der Waals surface area contributed by atoms with E-state index in [0.717, 1.165) is 51.9 Å². The first kappa shape index (κ1) is 21.9. The Morgan fingerprint density at radius 1 is 0.926 bits per heavy atom. The SMILES string of the molecule is OCC[C@@]1(NCCCCCCOCCCCc2ccccc2)C=CC=CC1. The third kappa shape index (κ3) is 9.37. The van der Waals surface area contributed by atoms with Crippen LogP contribution in [0.3, 0.4) is 0 Å². The average Bonchev–Trinajstić information content (AvgIpc) is 2.70. The van der Waals surface area contributed by atoms with Crippen LogP contribution < -0.4 is 5.32 Å². The maximum Gasteiger partial charge on any atom is 0.0466 e. The van der Waals surface area contributed by atoms with Gasteiger partial charge in [0.2, 0.25) is 0 Å². The molecule has 27 heavy (non-hydrogen) atoms. The molecule has 0 unspecified atom stereocenters. The van der Waals surface area contributed by atoms with Gasteiger partial charge in [-0.25, -0.2) is 0 Å². The number of hydrogen-bond donors (Lipinski definition) is 2. The summed E-state index contributed by atoms with van der Waals surface area (Å²) in [4.78, 5) is 0. The molecular formula is C24H37NO2. The molecule has 2 N–H and O–H groups in total. The second-order valence-corrected chi connectivity index (χ2v) is 7.52. The zero-order chi connectivity index (χ0) is 19.0. The molecule has 1 aliphatic carbocycles. The molecule has 1 aromatic rings. The van der Waals surface area contributed by atoms with Gasteiger partial charge in [0.15, 0.2) is 0 Å². The molecule has 0 spiro atoms. The first-order valence-corrected chi connectivity index (χ1v) is 10.7. The second-order valence-electron chi connectivity index (χ2n) is 7.52. The quantitative estimate of drug-likeness (QED) is 0.435. The molecule has 1 atom stereocenters. The molecular weight excluding hydrogens is 334 g/mol. The van der Waals surface area contributed by atoms with E-state index in [1.54, 1.807) is 0 Å². The van der Waals surface area contributed by atoms with Gasteiger partial charge < -0.3 is 15.2 Å². The highest BCUT2D eigenvalue weighted by atomic mass is 16.5. The van der Waals surface area contributed by atoms with Crippen molar-refractivity contribution in [1.29, 1.82) is 0 Å². The van der Waals surface area contributed by atoms with Crippen LogP contribution in [0.4, 0.5) is 0 Å². The normalized spacial score (nSPS) is 18.9. The van der Waals surface area contributed by atoms with E-state index in [4.69, 9.17) is 4.74 Å². The number of aliphatic hydroxyl groups excluding tert-OH is 1. The number of rotatable bonds is 15. The van der Waals surface area contributed by atoms with E-state index in [2.05, 4.69) is 60.0 Å². The van der Waals surface area contributed by atoms with Gasteiger partial charge in [-0.05, 0) is 57.1 Å². The molecule has 2 rings (SSSR count). The van der Waals surface area contributed by atoms with Crippen LogP contribution >= 0.6 is 0 Å². The third-order valence-electron chi connectivity index (χ3n) is 5.24. The van der Waals surface area contributed by atoms with Crippen molar-refractivity contribution in [1.82, 2.24) is 5.32 Å². The number of allylic oxidation sites excluding steroid dienone is 2. The summed E-state index contributed by atoms with van der Waals surface area (Å²) in [5.74, 6) is 0. The lowest BCUT2D eigenvalue weighted by Crippen LogP contribution is -2.45. The van der Waals surface area contributed by atoms with E-state index in [1.165, 1.54) is 31.2 Å². The number of aliphatic hydroxyl groups is 1. The Labute approximate surface area is 165 Å². The van der Waals surface area contributed by atoms with E-state index < -0.39 is 0 Å². The summed E-state index contributed by atoms with van der Waals surface area (Å²) in [6.45, 7) is 3.02. The minimum atomic E-state index is -0.0354. The van der Waals surface area contributed by atoms with Crippen LogP contribution in [0.5, 0.6) is 0 Å². The van der Waals surface area contributed by atoms with Crippen molar-refractivity contribution >= 4 is 0 Å². The van der Waals surface area contributed by atoms with Gasteiger partial charge in [-0.15, -0.1) is 0 Å². The molecule has 0 bridgehead atoms. The van der Waals surface area contributed by atoms with Crippen molar-refractivity contribution in [2.24, 2.45) is 0 Å². The minimum Gasteiger partial charge on any atom is -0.396 e. The molecule has 0 aliphatic heterocycles. The van der Waals surface area contributed by atoms with Crippen molar-refractivity contribution in [2.75, 3.05) is 26.4 Å². The van der Waals surface area contributed by atoms with Gasteiger partial charge >= 0.3 is 0 Å². The van der Waals surface area contributed by atoms with Crippen molar-refractivity contribution in [2.45, 2.75) is 63.3 Å². The van der Waals surface area contributed by atoms with E-state index in [9.17, 15) is 5.11 Å². The van der Waals surface area contributed by atoms with Crippen LogP contribution in [0.2, 0.25) is 0 Å². The summed E-state index contributed by atoms with van der Waals surface area (Å²) in [6, 6.07) is 10.7. The molecule has 1 aliphatic rings. The van der Waals surface area contributed by atoms with E-state index >= 15 is 0 Å². The van der Waals surface area contributed by atoms with Gasteiger partial charge in [0.25, 0.3) is 0 Å². The van der Waals surface area contributed by atoms with Crippen LogP contribution in [0.25, 0.3) is 0 Å². The highest BCUT2D eigenvalue weighted by Gasteiger charge is 2.25. The lowest BCUT2D eigenvalue weighted by Gasteiger charge is -2.32. The van der Waals surface area contributed by atoms with Gasteiger partial charge in [0.05, 0.1) is 0 Å². The minimum absolute atomic E-state index is 0.0354. The maximum absolute atomic E-state index is 9.31. The predicted molar refractivity (Wildman–Crippen MR) is 114 cm³/mol. The first-order chi connectivity index (χ1) is 13.3. The largest absolute Gasteiger partial charge is 0.396 e. The lowest BCUT2D eigenvalue weighted by molar-refractivity contribution is 0.126. The van der Waals surface area contributed by atoms with Crippen LogP contribution in [0.15, 0.2) is 54.6 Å². The summed E-state index contributed by atoms with van der Waals surface area (Å²) in [7, 11) is 0. The van der Waals surface area contributed by atoms with Crippen molar-refractivity contribution in [3.8, 4) is 0 Å². The summed E-state index contributed by atoms with van der Waals surface area (Å²) < 4.78 is 5.76. The molecule has 150 valence electrons. The third-order valence-corrected chi connectivity index (χ3v) is 5.24. The smallest absolute Gasteiger partial charge is 0.0466 e. The number of hydrogen-bond acceptors (Lipinski definition) is 3. The standard InChI is InChI=1S/C24H37NO2/c26-20-18-24(16-8-4-9-17-24)25-19-10-1-2-11-21-27-22-12-7-15-23-13-5-3-6-14-23/h3-6,8-9,13-14,16,25-26H,1-2,7,10-12,15,17-22H2/t24-/m1/s1. The molecule has 0 heterocycles. The fraction of sp³-hybridized carbons (Fsp3) is 0.583. The highest BCUT2D eigenvalue weighted by molar-refractivity contribution is 5.21. The average molecular weight is 372 g/mol. The summed E-state index contributed by atoms with van der Waals surface area (Å²) >= 11 is 0. The van der Waals surface area contributed by atoms with Crippen LogP contribution in [-0.2, 0) is 11.2 Å². The van der Waals surface area contributed by atoms with Crippen molar-refractivity contribution in [3.05, 3.63) is 60.2 Å². The Hall–Kier alpha value is -1.42. The Morgan fingerprint density at radius 2 is 1.70 bits per heavy atom. The second kappa shape index (κ2) is 13.7. The fourth-order valence-corrected chi connectivity index (χ4v) is 3.57. The highest BCUT2D eigenvalue weighted by Crippen LogP contribution is 2.21. The molecule has 1 aromatic carbocycles. The summed E-state index contributed by atoms with van der Waals surface area (Å²) in [5, 5.41) is 13.0. The zero-order valence-electron chi connectivity index (χ0n) is 16.7. The summed E-state index contributed by atoms with van der Waals surface area (Å²) in [6.07, 6.45) is 18.6. The molecule has 0 saturated heterocycles. The maximum atomic E-state index is 9.31. The number of ether oxygens (including phenoxy) is 1. The topological polar surface area (TPSA) is 41.5 Å². The zero-order valence-corrected chi connectivity index (χ0v) is 16.7. The molecule has 0 aromatic heterocycles. The van der Waals surface area contributed by atoms with Gasteiger partial charge in [-0.3, -0.25) is 0 Å². The Morgan fingerprint density at radius 3 is 2.44 bits per heavy atom. The van der Waals surface area contributed by atoms with Gasteiger partial charge in [-0.2, -0.15) is 0 Å². The number of benzene rings is 1. The molecule has 0 radical (unpaired) electrons. The Balaban J connectivity index is 1.38. The van der Waals surface area contributed by atoms with Gasteiger partial charge in [0.1, 0.15) is 0 Å². The van der Waals surface area contributed by atoms with Crippen molar-refractivity contribution < 1.29 is 9.84 Å². The number of unbranched alkanes of at least 4 members (excludes halogenated alkanes) is 4.